The van der Waals surface area contributed by atoms with E-state index in [0.717, 1.165) is 16.1 Å². The number of thiophene rings is 1. The number of hydrogen-bond donors (Lipinski definition) is 2. The number of amides is 1. The Hall–Kier alpha value is -2.67. The molecule has 7 heteroatoms. The van der Waals surface area contributed by atoms with Gasteiger partial charge in [-0.15, -0.1) is 11.3 Å². The summed E-state index contributed by atoms with van der Waals surface area (Å²) in [6.07, 6.45) is 0. The smallest absolute Gasteiger partial charge is 0.273 e. The largest absolute Gasteiger partial charge is 0.355 e. The number of nitrogens with zero attached hydrogens (tertiary/aromatic N) is 1. The lowest BCUT2D eigenvalue weighted by molar-refractivity contribution is 0.0942. The fourth-order valence-corrected chi connectivity index (χ4v) is 2.95. The first-order valence-corrected chi connectivity index (χ1v) is 7.91. The number of aryl methyl sites for hydroxylation is 2. The van der Waals surface area contributed by atoms with Gasteiger partial charge in [-0.25, -0.2) is 0 Å². The molecule has 0 saturated heterocycles. The summed E-state index contributed by atoms with van der Waals surface area (Å²) in [4.78, 5) is 27.7. The Morgan fingerprint density at radius 3 is 2.91 bits per heavy atom. The molecule has 0 aliphatic carbocycles. The van der Waals surface area contributed by atoms with Gasteiger partial charge in [0.25, 0.3) is 11.5 Å². The van der Waals surface area contributed by atoms with Crippen molar-refractivity contribution in [1.82, 2.24) is 15.5 Å². The van der Waals surface area contributed by atoms with Gasteiger partial charge in [0.2, 0.25) is 0 Å². The molecule has 3 heterocycles. The number of aromatic amines is 1. The van der Waals surface area contributed by atoms with E-state index >= 15 is 0 Å². The zero-order chi connectivity index (χ0) is 16.4. The van der Waals surface area contributed by atoms with Crippen LogP contribution in [0.5, 0.6) is 0 Å². The van der Waals surface area contributed by atoms with Crippen molar-refractivity contribution >= 4 is 17.2 Å². The van der Waals surface area contributed by atoms with Crippen molar-refractivity contribution in [2.24, 2.45) is 0 Å². The van der Waals surface area contributed by atoms with Crippen LogP contribution in [0.25, 0.3) is 10.6 Å². The lowest BCUT2D eigenvalue weighted by atomic mass is 10.1. The highest BCUT2D eigenvalue weighted by molar-refractivity contribution is 7.13. The minimum absolute atomic E-state index is 0.140. The van der Waals surface area contributed by atoms with E-state index in [-0.39, 0.29) is 23.7 Å². The van der Waals surface area contributed by atoms with Gasteiger partial charge in [0, 0.05) is 23.9 Å². The number of hydrogen-bond acceptors (Lipinski definition) is 5. The first-order chi connectivity index (χ1) is 11.0. The highest BCUT2D eigenvalue weighted by Crippen LogP contribution is 2.25. The van der Waals surface area contributed by atoms with Gasteiger partial charge in [-0.3, -0.25) is 9.59 Å². The number of carbonyl (C=O) groups is 1. The zero-order valence-electron chi connectivity index (χ0n) is 12.7. The van der Waals surface area contributed by atoms with Crippen molar-refractivity contribution in [2.75, 3.05) is 0 Å². The third-order valence-electron chi connectivity index (χ3n) is 3.43. The Morgan fingerprint density at radius 2 is 2.22 bits per heavy atom. The quantitative estimate of drug-likeness (QED) is 0.770. The van der Waals surface area contributed by atoms with Crippen molar-refractivity contribution in [2.45, 2.75) is 20.4 Å². The molecular formula is C16H15N3O3S. The van der Waals surface area contributed by atoms with E-state index < -0.39 is 0 Å². The molecule has 0 aliphatic heterocycles. The van der Waals surface area contributed by atoms with Gasteiger partial charge in [0.05, 0.1) is 4.88 Å². The van der Waals surface area contributed by atoms with Crippen LogP contribution in [0.3, 0.4) is 0 Å². The average molecular weight is 329 g/mol. The summed E-state index contributed by atoms with van der Waals surface area (Å²) in [5, 5.41) is 8.39. The van der Waals surface area contributed by atoms with E-state index in [1.165, 1.54) is 11.3 Å². The van der Waals surface area contributed by atoms with Crippen molar-refractivity contribution in [3.8, 4) is 10.6 Å². The van der Waals surface area contributed by atoms with Crippen LogP contribution in [0.15, 0.2) is 39.0 Å². The topological polar surface area (TPSA) is 88.0 Å². The Labute approximate surface area is 136 Å². The minimum Gasteiger partial charge on any atom is -0.355 e. The van der Waals surface area contributed by atoms with Gasteiger partial charge in [-0.1, -0.05) is 11.2 Å². The maximum atomic E-state index is 12.1. The van der Waals surface area contributed by atoms with Crippen molar-refractivity contribution < 1.29 is 9.32 Å². The summed E-state index contributed by atoms with van der Waals surface area (Å²) < 4.78 is 5.18. The van der Waals surface area contributed by atoms with Crippen LogP contribution in [-0.4, -0.2) is 16.0 Å². The van der Waals surface area contributed by atoms with Gasteiger partial charge in [0.15, 0.2) is 11.5 Å². The molecule has 23 heavy (non-hydrogen) atoms. The molecule has 6 nitrogen and oxygen atoms in total. The molecule has 0 aliphatic rings. The highest BCUT2D eigenvalue weighted by Gasteiger charge is 2.15. The van der Waals surface area contributed by atoms with E-state index in [0.29, 0.717) is 11.3 Å². The van der Waals surface area contributed by atoms with E-state index in [1.807, 2.05) is 37.4 Å². The number of carbonyl (C=O) groups excluding carboxylic acids is 1. The summed E-state index contributed by atoms with van der Waals surface area (Å²) in [5.41, 5.74) is 2.16. The Kier molecular flexibility index (Phi) is 4.12. The summed E-state index contributed by atoms with van der Waals surface area (Å²) in [6.45, 7) is 3.80. The van der Waals surface area contributed by atoms with Gasteiger partial charge in [0.1, 0.15) is 0 Å². The molecule has 3 aromatic rings. The van der Waals surface area contributed by atoms with Gasteiger partial charge in [-0.2, -0.15) is 0 Å². The lowest BCUT2D eigenvalue weighted by Crippen LogP contribution is -2.28. The molecule has 3 aromatic heterocycles. The lowest BCUT2D eigenvalue weighted by Gasteiger charge is -2.06. The van der Waals surface area contributed by atoms with Gasteiger partial charge >= 0.3 is 0 Å². The van der Waals surface area contributed by atoms with Crippen LogP contribution in [0.4, 0.5) is 0 Å². The van der Waals surface area contributed by atoms with Crippen molar-refractivity contribution in [3.05, 3.63) is 62.5 Å². The fraction of sp³-hybridized carbons (Fsp3) is 0.188. The fourth-order valence-electron chi connectivity index (χ4n) is 2.28. The molecule has 118 valence electrons. The minimum atomic E-state index is -0.379. The highest BCUT2D eigenvalue weighted by atomic mass is 32.1. The molecule has 2 N–H and O–H groups in total. The van der Waals surface area contributed by atoms with E-state index in [9.17, 15) is 9.59 Å². The number of nitrogens with one attached hydrogen (secondary N) is 2. The number of pyridine rings is 1. The van der Waals surface area contributed by atoms with E-state index in [1.54, 1.807) is 6.07 Å². The van der Waals surface area contributed by atoms with Crippen LogP contribution in [0, 0.1) is 13.8 Å². The Balaban J connectivity index is 1.72. The maximum Gasteiger partial charge on any atom is 0.273 e. The molecule has 0 bridgehead atoms. The monoisotopic (exact) mass is 329 g/mol. The summed E-state index contributed by atoms with van der Waals surface area (Å²) in [6, 6.07) is 7.25. The first-order valence-electron chi connectivity index (χ1n) is 7.03. The molecular weight excluding hydrogens is 314 g/mol. The zero-order valence-corrected chi connectivity index (χ0v) is 13.5. The van der Waals surface area contributed by atoms with Crippen LogP contribution in [0.1, 0.15) is 27.3 Å². The second kappa shape index (κ2) is 6.21. The SMILES string of the molecule is Cc1cc(C)c(CNC(=O)c2cc(-c3cccs3)on2)c(=O)[nH]1. The third kappa shape index (κ3) is 3.24. The number of aromatic nitrogens is 2. The Morgan fingerprint density at radius 1 is 1.39 bits per heavy atom. The van der Waals surface area contributed by atoms with Gasteiger partial charge < -0.3 is 14.8 Å². The predicted molar refractivity (Wildman–Crippen MR) is 87.5 cm³/mol. The standard InChI is InChI=1S/C16H15N3O3S/c1-9-6-10(2)18-15(20)11(9)8-17-16(21)12-7-13(22-19-12)14-4-3-5-23-14/h3-7H,8H2,1-2H3,(H,17,21)(H,18,20). The first kappa shape index (κ1) is 15.2. The normalized spacial score (nSPS) is 10.7. The van der Waals surface area contributed by atoms with Gasteiger partial charge in [-0.05, 0) is 36.9 Å². The molecule has 3 rings (SSSR count). The molecule has 0 unspecified atom stereocenters. The third-order valence-corrected chi connectivity index (χ3v) is 4.31. The molecule has 1 amide bonds. The maximum absolute atomic E-state index is 12.1. The Bertz CT molecular complexity index is 894. The molecule has 0 atom stereocenters. The van der Waals surface area contributed by atoms with Crippen LogP contribution >= 0.6 is 11.3 Å². The van der Waals surface area contributed by atoms with E-state index in [2.05, 4.69) is 15.5 Å². The number of H-pyrrole nitrogens is 1. The molecule has 0 aromatic carbocycles. The number of rotatable bonds is 4. The molecule has 0 spiro atoms. The summed E-state index contributed by atoms with van der Waals surface area (Å²) >= 11 is 1.51. The second-order valence-electron chi connectivity index (χ2n) is 5.18. The van der Waals surface area contributed by atoms with E-state index in [4.69, 9.17) is 4.52 Å². The molecule has 0 fully saturated rings. The molecule has 0 radical (unpaired) electrons. The van der Waals surface area contributed by atoms with Crippen LogP contribution < -0.4 is 10.9 Å². The average Bonchev–Trinajstić information content (AvgIpc) is 3.17. The van der Waals surface area contributed by atoms with Crippen molar-refractivity contribution in [3.63, 3.8) is 0 Å². The predicted octanol–water partition coefficient (Wildman–Crippen LogP) is 2.64. The summed E-state index contributed by atoms with van der Waals surface area (Å²) in [7, 11) is 0. The second-order valence-corrected chi connectivity index (χ2v) is 6.13. The summed E-state index contributed by atoms with van der Waals surface area (Å²) in [5.74, 6) is 0.172. The van der Waals surface area contributed by atoms with Crippen LogP contribution in [-0.2, 0) is 6.54 Å². The van der Waals surface area contributed by atoms with Crippen molar-refractivity contribution in [1.29, 1.82) is 0 Å². The molecule has 0 saturated carbocycles. The van der Waals surface area contributed by atoms with Crippen LogP contribution in [0.2, 0.25) is 0 Å².